The quantitative estimate of drug-likeness (QED) is 0.335. The Kier molecular flexibility index (Phi) is 7.82. The van der Waals surface area contributed by atoms with Crippen LogP contribution in [0.25, 0.3) is 10.9 Å². The second-order valence-corrected chi connectivity index (χ2v) is 9.83. The molecular formula is C28H34N4O3S. The van der Waals surface area contributed by atoms with Crippen LogP contribution >= 0.6 is 12.6 Å². The molecule has 0 bridgehead atoms. The molecule has 3 heterocycles. The van der Waals surface area contributed by atoms with Crippen molar-refractivity contribution in [3.63, 3.8) is 0 Å². The molecule has 3 aromatic rings. The molecule has 0 saturated carbocycles. The number of aromatic nitrogens is 1. The van der Waals surface area contributed by atoms with Crippen LogP contribution in [-0.2, 0) is 4.79 Å². The molecule has 8 heteroatoms. The molecule has 0 atom stereocenters. The zero-order valence-electron chi connectivity index (χ0n) is 20.8. The maximum atomic E-state index is 12.5. The molecule has 5 rings (SSSR count). The summed E-state index contributed by atoms with van der Waals surface area (Å²) in [6, 6.07) is 15.9. The van der Waals surface area contributed by atoms with Crippen LogP contribution in [-0.4, -0.2) is 60.6 Å². The van der Waals surface area contributed by atoms with Crippen molar-refractivity contribution in [2.45, 2.75) is 38.6 Å². The van der Waals surface area contributed by atoms with Crippen molar-refractivity contribution >= 4 is 40.9 Å². The molecule has 1 N–H and O–H groups in total. The van der Waals surface area contributed by atoms with Crippen LogP contribution in [0.4, 0.5) is 11.5 Å². The summed E-state index contributed by atoms with van der Waals surface area (Å²) in [5, 5.41) is 3.98. The van der Waals surface area contributed by atoms with Gasteiger partial charge in [-0.3, -0.25) is 4.79 Å². The SMILES string of the molecule is Cc1cc(N2CCC(N3CCCC3)CC2)nc2ccc(NC(=O)COc3ccc(OCS)cc3)cc12. The number of benzene rings is 2. The van der Waals surface area contributed by atoms with E-state index in [1.165, 1.54) is 38.8 Å². The van der Waals surface area contributed by atoms with Crippen molar-refractivity contribution in [2.24, 2.45) is 0 Å². The number of fused-ring (bicyclic) bond motifs is 1. The van der Waals surface area contributed by atoms with Gasteiger partial charge in [-0.1, -0.05) is 0 Å². The summed E-state index contributed by atoms with van der Waals surface area (Å²) in [6.07, 6.45) is 5.11. The van der Waals surface area contributed by atoms with Crippen LogP contribution in [0.1, 0.15) is 31.2 Å². The first-order valence-corrected chi connectivity index (χ1v) is 13.4. The lowest BCUT2D eigenvalue weighted by Crippen LogP contribution is -2.44. The summed E-state index contributed by atoms with van der Waals surface area (Å²) < 4.78 is 10.9. The molecule has 190 valence electrons. The van der Waals surface area contributed by atoms with Gasteiger partial charge < -0.3 is 24.6 Å². The molecule has 2 aliphatic heterocycles. The molecule has 0 radical (unpaired) electrons. The van der Waals surface area contributed by atoms with Gasteiger partial charge >= 0.3 is 0 Å². The third-order valence-corrected chi connectivity index (χ3v) is 7.29. The van der Waals surface area contributed by atoms with Gasteiger partial charge in [0.1, 0.15) is 23.3 Å². The summed E-state index contributed by atoms with van der Waals surface area (Å²) >= 11 is 4.03. The first-order chi connectivity index (χ1) is 17.6. The average Bonchev–Trinajstić information content (AvgIpc) is 3.44. The Balaban J connectivity index is 1.18. The van der Waals surface area contributed by atoms with Crippen molar-refractivity contribution in [3.05, 3.63) is 54.1 Å². The number of thiol groups is 1. The zero-order valence-corrected chi connectivity index (χ0v) is 21.7. The van der Waals surface area contributed by atoms with Crippen LogP contribution < -0.4 is 19.7 Å². The molecule has 0 aliphatic carbocycles. The number of carbonyl (C=O) groups excluding carboxylic acids is 1. The van der Waals surface area contributed by atoms with Crippen LogP contribution in [0.5, 0.6) is 11.5 Å². The zero-order chi connectivity index (χ0) is 24.9. The topological polar surface area (TPSA) is 66.9 Å². The maximum Gasteiger partial charge on any atom is 0.262 e. The Hall–Kier alpha value is -2.97. The molecule has 36 heavy (non-hydrogen) atoms. The molecule has 0 spiro atoms. The Morgan fingerprint density at radius 3 is 2.39 bits per heavy atom. The summed E-state index contributed by atoms with van der Waals surface area (Å²) in [4.78, 5) is 22.5. The fourth-order valence-electron chi connectivity index (χ4n) is 5.24. The first-order valence-electron chi connectivity index (χ1n) is 12.8. The van der Waals surface area contributed by atoms with Gasteiger partial charge in [-0.15, -0.1) is 12.6 Å². The van der Waals surface area contributed by atoms with E-state index in [-0.39, 0.29) is 12.5 Å². The predicted molar refractivity (Wildman–Crippen MR) is 148 cm³/mol. The van der Waals surface area contributed by atoms with Crippen molar-refractivity contribution in [1.29, 1.82) is 0 Å². The number of amides is 1. The Labute approximate surface area is 218 Å². The number of hydrogen-bond donors (Lipinski definition) is 2. The fraction of sp³-hybridized carbons (Fsp3) is 0.429. The molecule has 0 unspecified atom stereocenters. The Morgan fingerprint density at radius 2 is 1.69 bits per heavy atom. The van der Waals surface area contributed by atoms with Gasteiger partial charge in [0.2, 0.25) is 0 Å². The highest BCUT2D eigenvalue weighted by Gasteiger charge is 2.27. The van der Waals surface area contributed by atoms with Gasteiger partial charge in [0.15, 0.2) is 6.61 Å². The van der Waals surface area contributed by atoms with E-state index in [4.69, 9.17) is 14.5 Å². The van der Waals surface area contributed by atoms with E-state index in [2.05, 4.69) is 40.7 Å². The normalized spacial score (nSPS) is 16.9. The number of anilines is 2. The van der Waals surface area contributed by atoms with E-state index in [0.29, 0.717) is 17.4 Å². The molecule has 2 aliphatic rings. The first kappa shape index (κ1) is 24.7. The Bertz CT molecular complexity index is 1190. The largest absolute Gasteiger partial charge is 0.484 e. The number of nitrogens with one attached hydrogen (secondary N) is 1. The number of nitrogens with zero attached hydrogens (tertiary/aromatic N) is 3. The lowest BCUT2D eigenvalue weighted by Gasteiger charge is -2.37. The highest BCUT2D eigenvalue weighted by molar-refractivity contribution is 7.80. The van der Waals surface area contributed by atoms with Gasteiger partial charge in [0.25, 0.3) is 5.91 Å². The van der Waals surface area contributed by atoms with E-state index in [9.17, 15) is 4.79 Å². The monoisotopic (exact) mass is 506 g/mol. The number of pyridine rings is 1. The third-order valence-electron chi connectivity index (χ3n) is 7.16. The van der Waals surface area contributed by atoms with Gasteiger partial charge in [-0.25, -0.2) is 4.98 Å². The standard InChI is InChI=1S/C28H34N4O3S/c1-20-16-27(32-14-10-22(11-15-32)31-12-2-3-13-31)30-26-9-4-21(17-25(20)26)29-28(33)18-34-23-5-7-24(8-6-23)35-19-36/h4-9,16-17,22,36H,2-3,10-15,18-19H2,1H3,(H,29,33). The molecule has 7 nitrogen and oxygen atoms in total. The maximum absolute atomic E-state index is 12.5. The van der Waals surface area contributed by atoms with E-state index in [1.807, 2.05) is 18.2 Å². The highest BCUT2D eigenvalue weighted by atomic mass is 32.1. The third kappa shape index (κ3) is 5.87. The summed E-state index contributed by atoms with van der Waals surface area (Å²) in [6.45, 7) is 6.68. The molecule has 2 saturated heterocycles. The van der Waals surface area contributed by atoms with Crippen LogP contribution in [0.2, 0.25) is 0 Å². The van der Waals surface area contributed by atoms with Gasteiger partial charge in [0, 0.05) is 30.2 Å². The van der Waals surface area contributed by atoms with Crippen molar-refractivity contribution in [2.75, 3.05) is 48.9 Å². The summed E-state index contributed by atoms with van der Waals surface area (Å²) in [7, 11) is 0. The van der Waals surface area contributed by atoms with Crippen LogP contribution in [0.15, 0.2) is 48.5 Å². The predicted octanol–water partition coefficient (Wildman–Crippen LogP) is 4.89. The number of rotatable bonds is 8. The van der Waals surface area contributed by atoms with Crippen molar-refractivity contribution < 1.29 is 14.3 Å². The minimum Gasteiger partial charge on any atom is -0.484 e. The summed E-state index contributed by atoms with van der Waals surface area (Å²) in [5.74, 6) is 2.45. The molecule has 2 fully saturated rings. The molecule has 1 aromatic heterocycles. The van der Waals surface area contributed by atoms with Gasteiger partial charge in [-0.2, -0.15) is 0 Å². The minimum atomic E-state index is -0.215. The number of ether oxygens (including phenoxy) is 2. The van der Waals surface area contributed by atoms with Gasteiger partial charge in [-0.05, 0) is 99.8 Å². The van der Waals surface area contributed by atoms with E-state index in [1.54, 1.807) is 24.3 Å². The number of piperidine rings is 1. The van der Waals surface area contributed by atoms with E-state index >= 15 is 0 Å². The smallest absolute Gasteiger partial charge is 0.262 e. The molecule has 2 aromatic carbocycles. The van der Waals surface area contributed by atoms with E-state index in [0.717, 1.165) is 47.1 Å². The summed E-state index contributed by atoms with van der Waals surface area (Å²) in [5.41, 5.74) is 2.84. The number of likely N-dealkylation sites (tertiary alicyclic amines) is 1. The minimum absolute atomic E-state index is 0.0750. The Morgan fingerprint density at radius 1 is 1.00 bits per heavy atom. The molecule has 1 amide bonds. The van der Waals surface area contributed by atoms with E-state index < -0.39 is 0 Å². The molecular weight excluding hydrogens is 472 g/mol. The lowest BCUT2D eigenvalue weighted by molar-refractivity contribution is -0.118. The van der Waals surface area contributed by atoms with Gasteiger partial charge in [0.05, 0.1) is 5.52 Å². The fourth-order valence-corrected chi connectivity index (χ4v) is 5.38. The lowest BCUT2D eigenvalue weighted by atomic mass is 10.0. The number of hydrogen-bond acceptors (Lipinski definition) is 7. The van der Waals surface area contributed by atoms with Crippen LogP contribution in [0, 0.1) is 6.92 Å². The number of aryl methyl sites for hydroxylation is 1. The van der Waals surface area contributed by atoms with Crippen molar-refractivity contribution in [3.8, 4) is 11.5 Å². The van der Waals surface area contributed by atoms with Crippen LogP contribution in [0.3, 0.4) is 0 Å². The second-order valence-electron chi connectivity index (χ2n) is 9.57. The van der Waals surface area contributed by atoms with Crippen molar-refractivity contribution in [1.82, 2.24) is 9.88 Å². The second kappa shape index (κ2) is 11.4. The average molecular weight is 507 g/mol. The highest BCUT2D eigenvalue weighted by Crippen LogP contribution is 2.28. The number of carbonyl (C=O) groups is 1.